The zero-order valence-electron chi connectivity index (χ0n) is 11.4. The lowest BCUT2D eigenvalue weighted by Gasteiger charge is -2.41. The summed E-state index contributed by atoms with van der Waals surface area (Å²) >= 11 is 3.26. The predicted octanol–water partition coefficient (Wildman–Crippen LogP) is 3.55. The highest BCUT2D eigenvalue weighted by molar-refractivity contribution is 9.10. The molecule has 1 N–H and O–H groups in total. The van der Waals surface area contributed by atoms with Crippen LogP contribution in [0.3, 0.4) is 0 Å². The molecule has 1 atom stereocenters. The molecule has 1 unspecified atom stereocenters. The lowest BCUT2D eigenvalue weighted by Crippen LogP contribution is -2.56. The fraction of sp³-hybridized carbons (Fsp3) is 0.571. The molecule has 106 valence electrons. The molecule has 1 aliphatic rings. The molecule has 1 saturated heterocycles. The Morgan fingerprint density at radius 2 is 2.00 bits per heavy atom. The molecular weight excluding hydrogens is 314 g/mol. The van der Waals surface area contributed by atoms with Gasteiger partial charge in [0.25, 0.3) is 0 Å². The predicted molar refractivity (Wildman–Crippen MR) is 77.5 cm³/mol. The third-order valence-corrected chi connectivity index (χ3v) is 4.12. The van der Waals surface area contributed by atoms with Crippen LogP contribution in [0.5, 0.6) is 0 Å². The van der Waals surface area contributed by atoms with Crippen molar-refractivity contribution in [2.45, 2.75) is 26.8 Å². The number of nitrogens with zero attached hydrogens (tertiary/aromatic N) is 1. The Morgan fingerprint density at radius 3 is 2.58 bits per heavy atom. The minimum Gasteiger partial charge on any atom is -0.365 e. The van der Waals surface area contributed by atoms with E-state index in [2.05, 4.69) is 42.0 Å². The molecule has 2 nitrogen and oxygen atoms in total. The van der Waals surface area contributed by atoms with Crippen LogP contribution in [0.4, 0.5) is 14.5 Å². The first-order valence-corrected chi connectivity index (χ1v) is 7.21. The van der Waals surface area contributed by atoms with Crippen LogP contribution in [0.25, 0.3) is 0 Å². The average Bonchev–Trinajstić information content (AvgIpc) is 2.26. The molecule has 1 fully saturated rings. The number of benzene rings is 1. The van der Waals surface area contributed by atoms with Gasteiger partial charge in [0, 0.05) is 36.2 Å². The molecular formula is C14H19BrF2N2. The van der Waals surface area contributed by atoms with Crippen molar-refractivity contribution in [1.29, 1.82) is 0 Å². The van der Waals surface area contributed by atoms with Crippen molar-refractivity contribution >= 4 is 21.6 Å². The van der Waals surface area contributed by atoms with E-state index in [9.17, 15) is 8.78 Å². The Hall–Kier alpha value is -0.680. The molecule has 2 rings (SSSR count). The second-order valence-electron chi connectivity index (χ2n) is 6.04. The summed E-state index contributed by atoms with van der Waals surface area (Å²) in [5.74, 6) is -1.07. The molecule has 0 amide bonds. The first kappa shape index (κ1) is 14.7. The fourth-order valence-electron chi connectivity index (χ4n) is 2.37. The van der Waals surface area contributed by atoms with Gasteiger partial charge in [-0.2, -0.15) is 0 Å². The molecule has 1 aromatic rings. The van der Waals surface area contributed by atoms with Crippen LogP contribution in [-0.2, 0) is 0 Å². The first-order valence-electron chi connectivity index (χ1n) is 6.42. The maximum atomic E-state index is 14.0. The summed E-state index contributed by atoms with van der Waals surface area (Å²) in [6.45, 7) is 8.70. The molecule has 0 saturated carbocycles. The van der Waals surface area contributed by atoms with Gasteiger partial charge in [-0.05, 0) is 27.4 Å². The zero-order chi connectivity index (χ0) is 14.2. The highest BCUT2D eigenvalue weighted by Gasteiger charge is 2.31. The Balaban J connectivity index is 2.27. The van der Waals surface area contributed by atoms with Gasteiger partial charge in [-0.1, -0.05) is 20.8 Å². The summed E-state index contributed by atoms with van der Waals surface area (Å²) < 4.78 is 27.6. The number of nitrogens with one attached hydrogen (secondary N) is 1. The van der Waals surface area contributed by atoms with Crippen molar-refractivity contribution in [2.24, 2.45) is 5.41 Å². The summed E-state index contributed by atoms with van der Waals surface area (Å²) in [4.78, 5) is 1.98. The van der Waals surface area contributed by atoms with Crippen molar-refractivity contribution in [3.05, 3.63) is 28.2 Å². The van der Waals surface area contributed by atoms with Gasteiger partial charge in [0.05, 0.1) is 5.69 Å². The molecule has 1 heterocycles. The summed E-state index contributed by atoms with van der Waals surface area (Å²) in [6, 6.07) is 2.53. The van der Waals surface area contributed by atoms with Gasteiger partial charge in [0.1, 0.15) is 5.82 Å². The van der Waals surface area contributed by atoms with Crippen molar-refractivity contribution in [3.63, 3.8) is 0 Å². The molecule has 0 bridgehead atoms. The monoisotopic (exact) mass is 332 g/mol. The number of halogens is 3. The molecule has 0 aromatic heterocycles. The van der Waals surface area contributed by atoms with Gasteiger partial charge in [-0.25, -0.2) is 8.78 Å². The van der Waals surface area contributed by atoms with E-state index in [-0.39, 0.29) is 11.5 Å². The first-order chi connectivity index (χ1) is 8.79. The average molecular weight is 333 g/mol. The highest BCUT2D eigenvalue weighted by Crippen LogP contribution is 2.32. The number of anilines is 1. The molecule has 0 aliphatic carbocycles. The molecule has 1 aliphatic heterocycles. The topological polar surface area (TPSA) is 15.3 Å². The van der Waals surface area contributed by atoms with Crippen molar-refractivity contribution in [3.8, 4) is 0 Å². The van der Waals surface area contributed by atoms with E-state index >= 15 is 0 Å². The second kappa shape index (κ2) is 5.37. The summed E-state index contributed by atoms with van der Waals surface area (Å²) in [5, 5.41) is 3.46. The number of hydrogen-bond donors (Lipinski definition) is 1. The maximum Gasteiger partial charge on any atom is 0.150 e. The Bertz CT molecular complexity index is 448. The summed E-state index contributed by atoms with van der Waals surface area (Å²) in [7, 11) is 0. The third kappa shape index (κ3) is 3.26. The second-order valence-corrected chi connectivity index (χ2v) is 6.89. The van der Waals surface area contributed by atoms with Gasteiger partial charge in [-0.3, -0.25) is 0 Å². The quantitative estimate of drug-likeness (QED) is 0.846. The standard InChI is InChI=1S/C14H19BrF2N2/c1-14(2,3)12-8-19(5-4-18-12)13-10(15)6-9(16)7-11(13)17/h6-7,12,18H,4-5,8H2,1-3H3. The largest absolute Gasteiger partial charge is 0.365 e. The highest BCUT2D eigenvalue weighted by atomic mass is 79.9. The smallest absolute Gasteiger partial charge is 0.150 e. The molecule has 19 heavy (non-hydrogen) atoms. The zero-order valence-corrected chi connectivity index (χ0v) is 13.0. The van der Waals surface area contributed by atoms with Crippen LogP contribution in [0, 0.1) is 17.0 Å². The van der Waals surface area contributed by atoms with Gasteiger partial charge in [-0.15, -0.1) is 0 Å². The van der Waals surface area contributed by atoms with E-state index in [4.69, 9.17) is 0 Å². The van der Waals surface area contributed by atoms with Gasteiger partial charge in [0.2, 0.25) is 0 Å². The third-order valence-electron chi connectivity index (χ3n) is 3.52. The Labute approximate surface area is 121 Å². The van der Waals surface area contributed by atoms with Crippen molar-refractivity contribution in [2.75, 3.05) is 24.5 Å². The van der Waals surface area contributed by atoms with E-state index in [1.807, 2.05) is 4.90 Å². The van der Waals surface area contributed by atoms with E-state index in [1.165, 1.54) is 6.07 Å². The Morgan fingerprint density at radius 1 is 1.32 bits per heavy atom. The molecule has 0 radical (unpaired) electrons. The number of hydrogen-bond acceptors (Lipinski definition) is 2. The minimum absolute atomic E-state index is 0.0989. The van der Waals surface area contributed by atoms with Crippen LogP contribution >= 0.6 is 15.9 Å². The normalized spacial score (nSPS) is 20.7. The lowest BCUT2D eigenvalue weighted by molar-refractivity contribution is 0.253. The van der Waals surface area contributed by atoms with E-state index in [0.717, 1.165) is 12.6 Å². The van der Waals surface area contributed by atoms with Gasteiger partial charge < -0.3 is 10.2 Å². The van der Waals surface area contributed by atoms with Crippen molar-refractivity contribution in [1.82, 2.24) is 5.32 Å². The van der Waals surface area contributed by atoms with E-state index in [0.29, 0.717) is 23.2 Å². The fourth-order valence-corrected chi connectivity index (χ4v) is 3.03. The van der Waals surface area contributed by atoms with Crippen LogP contribution in [0.1, 0.15) is 20.8 Å². The maximum absolute atomic E-state index is 14.0. The van der Waals surface area contributed by atoms with Crippen LogP contribution in [0.2, 0.25) is 0 Å². The number of piperazine rings is 1. The van der Waals surface area contributed by atoms with Crippen LogP contribution < -0.4 is 10.2 Å². The summed E-state index contributed by atoms with van der Waals surface area (Å²) in [6.07, 6.45) is 0. The lowest BCUT2D eigenvalue weighted by atomic mass is 9.85. The SMILES string of the molecule is CC(C)(C)C1CN(c2c(F)cc(F)cc2Br)CCN1. The van der Waals surface area contributed by atoms with Crippen LogP contribution in [-0.4, -0.2) is 25.7 Å². The van der Waals surface area contributed by atoms with Crippen LogP contribution in [0.15, 0.2) is 16.6 Å². The summed E-state index contributed by atoms with van der Waals surface area (Å²) in [5.41, 5.74) is 0.555. The molecule has 5 heteroatoms. The molecule has 1 aromatic carbocycles. The Kier molecular flexibility index (Phi) is 4.16. The molecule has 0 spiro atoms. The van der Waals surface area contributed by atoms with Gasteiger partial charge in [0.15, 0.2) is 5.82 Å². The van der Waals surface area contributed by atoms with Crippen molar-refractivity contribution < 1.29 is 8.78 Å². The minimum atomic E-state index is -0.560. The number of rotatable bonds is 1. The van der Waals surface area contributed by atoms with E-state index < -0.39 is 11.6 Å². The van der Waals surface area contributed by atoms with E-state index in [1.54, 1.807) is 0 Å². The van der Waals surface area contributed by atoms with Gasteiger partial charge >= 0.3 is 0 Å².